The van der Waals surface area contributed by atoms with Crippen molar-refractivity contribution < 1.29 is 24.4 Å². The molecule has 1 amide bonds. The van der Waals surface area contributed by atoms with E-state index in [1.807, 2.05) is 0 Å². The van der Waals surface area contributed by atoms with E-state index in [0.717, 1.165) is 6.07 Å². The van der Waals surface area contributed by atoms with Gasteiger partial charge in [0, 0.05) is 18.7 Å². The minimum Gasteiger partial charge on any atom is -0.478 e. The molecule has 0 bridgehead atoms. The van der Waals surface area contributed by atoms with Gasteiger partial charge in [-0.15, -0.1) is 0 Å². The predicted octanol–water partition coefficient (Wildman–Crippen LogP) is 2.59. The summed E-state index contributed by atoms with van der Waals surface area (Å²) in [6, 6.07) is 2.26. The molecule has 2 rings (SSSR count). The SMILES string of the molecule is CC(C)(C)OC(=O)N1CCc2cc([N+](=O)[O-])cc(C(=O)O)c21. The van der Waals surface area contributed by atoms with E-state index in [0.29, 0.717) is 12.0 Å². The van der Waals surface area contributed by atoms with Gasteiger partial charge in [0.05, 0.1) is 16.2 Å². The quantitative estimate of drug-likeness (QED) is 0.664. The number of nitro benzene ring substituents is 1. The lowest BCUT2D eigenvalue weighted by Gasteiger charge is -2.25. The molecule has 22 heavy (non-hydrogen) atoms. The zero-order valence-corrected chi connectivity index (χ0v) is 12.5. The second-order valence-electron chi connectivity index (χ2n) is 5.95. The van der Waals surface area contributed by atoms with Crippen LogP contribution >= 0.6 is 0 Å². The summed E-state index contributed by atoms with van der Waals surface area (Å²) in [5.41, 5.74) is -0.663. The van der Waals surface area contributed by atoms with E-state index in [9.17, 15) is 24.8 Å². The number of nitrogens with zero attached hydrogens (tertiary/aromatic N) is 2. The zero-order chi connectivity index (χ0) is 16.7. The van der Waals surface area contributed by atoms with Gasteiger partial charge in [0.25, 0.3) is 5.69 Å². The predicted molar refractivity (Wildman–Crippen MR) is 77.3 cm³/mol. The fraction of sp³-hybridized carbons (Fsp3) is 0.429. The Morgan fingerprint density at radius 2 is 2.00 bits per heavy atom. The van der Waals surface area contributed by atoms with Crippen LogP contribution in [0.3, 0.4) is 0 Å². The molecule has 118 valence electrons. The number of ether oxygens (including phenoxy) is 1. The van der Waals surface area contributed by atoms with Crippen molar-refractivity contribution >= 4 is 23.4 Å². The van der Waals surface area contributed by atoms with E-state index in [4.69, 9.17) is 4.74 Å². The Bertz CT molecular complexity index is 662. The third kappa shape index (κ3) is 3.00. The van der Waals surface area contributed by atoms with Crippen LogP contribution in [-0.4, -0.2) is 34.2 Å². The van der Waals surface area contributed by atoms with Crippen LogP contribution in [0.1, 0.15) is 36.7 Å². The Morgan fingerprint density at radius 1 is 1.36 bits per heavy atom. The van der Waals surface area contributed by atoms with E-state index in [1.165, 1.54) is 11.0 Å². The molecule has 1 N–H and O–H groups in total. The Kier molecular flexibility index (Phi) is 3.78. The fourth-order valence-corrected chi connectivity index (χ4v) is 2.30. The number of anilines is 1. The molecule has 8 nitrogen and oxygen atoms in total. The molecule has 0 spiro atoms. The van der Waals surface area contributed by atoms with E-state index in [1.54, 1.807) is 20.8 Å². The van der Waals surface area contributed by atoms with E-state index >= 15 is 0 Å². The van der Waals surface area contributed by atoms with Gasteiger partial charge in [0.1, 0.15) is 5.60 Å². The normalized spacial score (nSPS) is 13.7. The summed E-state index contributed by atoms with van der Waals surface area (Å²) in [5, 5.41) is 20.2. The number of aromatic carboxylic acids is 1. The minimum atomic E-state index is -1.32. The van der Waals surface area contributed by atoms with Gasteiger partial charge in [-0.1, -0.05) is 0 Å². The molecule has 1 aliphatic rings. The standard InChI is InChI=1S/C14H16N2O6/c1-14(2,3)22-13(19)15-5-4-8-6-9(16(20)21)7-10(11(8)15)12(17)18/h6-7H,4-5H2,1-3H3,(H,17,18). The summed E-state index contributed by atoms with van der Waals surface area (Å²) in [6.07, 6.45) is -0.320. The molecular weight excluding hydrogens is 292 g/mol. The highest BCUT2D eigenvalue weighted by atomic mass is 16.6. The minimum absolute atomic E-state index is 0.173. The molecule has 0 atom stereocenters. The lowest BCUT2D eigenvalue weighted by Crippen LogP contribution is -2.36. The fourth-order valence-electron chi connectivity index (χ4n) is 2.30. The van der Waals surface area contributed by atoms with Crippen LogP contribution in [0.15, 0.2) is 12.1 Å². The Labute approximate surface area is 126 Å². The Morgan fingerprint density at radius 3 is 2.50 bits per heavy atom. The maximum absolute atomic E-state index is 12.2. The third-order valence-corrected chi connectivity index (χ3v) is 3.10. The number of hydrogen-bond acceptors (Lipinski definition) is 5. The summed E-state index contributed by atoms with van der Waals surface area (Å²) >= 11 is 0. The summed E-state index contributed by atoms with van der Waals surface area (Å²) in [5.74, 6) is -1.32. The molecule has 1 aliphatic heterocycles. The molecule has 0 radical (unpaired) electrons. The van der Waals surface area contributed by atoms with E-state index in [2.05, 4.69) is 0 Å². The molecule has 0 aliphatic carbocycles. The largest absolute Gasteiger partial charge is 0.478 e. The summed E-state index contributed by atoms with van der Waals surface area (Å²) in [7, 11) is 0. The molecule has 0 saturated heterocycles. The second kappa shape index (κ2) is 5.28. The number of fused-ring (bicyclic) bond motifs is 1. The number of carbonyl (C=O) groups excluding carboxylic acids is 1. The van der Waals surface area contributed by atoms with Crippen molar-refractivity contribution in [2.75, 3.05) is 11.4 Å². The van der Waals surface area contributed by atoms with Gasteiger partial charge in [-0.05, 0) is 32.8 Å². The van der Waals surface area contributed by atoms with Crippen molar-refractivity contribution in [1.29, 1.82) is 0 Å². The first-order valence-corrected chi connectivity index (χ1v) is 6.65. The molecule has 1 aromatic carbocycles. The number of amides is 1. The molecule has 8 heteroatoms. The van der Waals surface area contributed by atoms with Gasteiger partial charge < -0.3 is 9.84 Å². The number of benzene rings is 1. The zero-order valence-electron chi connectivity index (χ0n) is 12.5. The van der Waals surface area contributed by atoms with Crippen molar-refractivity contribution in [2.24, 2.45) is 0 Å². The van der Waals surface area contributed by atoms with E-state index < -0.39 is 22.6 Å². The average Bonchev–Trinajstić information content (AvgIpc) is 2.78. The van der Waals surface area contributed by atoms with Crippen LogP contribution in [0, 0.1) is 10.1 Å². The summed E-state index contributed by atoms with van der Waals surface area (Å²) in [6.45, 7) is 5.34. The smallest absolute Gasteiger partial charge is 0.414 e. The number of hydrogen-bond donors (Lipinski definition) is 1. The Balaban J connectivity index is 2.48. The first-order valence-electron chi connectivity index (χ1n) is 6.65. The molecular formula is C14H16N2O6. The molecule has 0 saturated carbocycles. The summed E-state index contributed by atoms with van der Waals surface area (Å²) in [4.78, 5) is 35.0. The van der Waals surface area contributed by atoms with Gasteiger partial charge in [-0.2, -0.15) is 0 Å². The van der Waals surface area contributed by atoms with Crippen molar-refractivity contribution in [3.63, 3.8) is 0 Å². The number of nitro groups is 1. The third-order valence-electron chi connectivity index (χ3n) is 3.10. The number of carboxylic acid groups (broad SMARTS) is 1. The second-order valence-corrected chi connectivity index (χ2v) is 5.95. The Hall–Kier alpha value is -2.64. The highest BCUT2D eigenvalue weighted by molar-refractivity contribution is 6.02. The first-order chi connectivity index (χ1) is 10.1. The first kappa shape index (κ1) is 15.7. The van der Waals surface area contributed by atoms with Crippen molar-refractivity contribution in [3.8, 4) is 0 Å². The van der Waals surface area contributed by atoms with Crippen molar-refractivity contribution in [2.45, 2.75) is 32.8 Å². The van der Waals surface area contributed by atoms with E-state index in [-0.39, 0.29) is 23.5 Å². The maximum Gasteiger partial charge on any atom is 0.414 e. The van der Waals surface area contributed by atoms with Gasteiger partial charge in [-0.3, -0.25) is 15.0 Å². The average molecular weight is 308 g/mol. The van der Waals surface area contributed by atoms with Crippen LogP contribution in [0.25, 0.3) is 0 Å². The monoisotopic (exact) mass is 308 g/mol. The van der Waals surface area contributed by atoms with Gasteiger partial charge in [-0.25, -0.2) is 9.59 Å². The lowest BCUT2D eigenvalue weighted by atomic mass is 10.1. The van der Waals surface area contributed by atoms with Crippen LogP contribution in [0.4, 0.5) is 16.2 Å². The summed E-state index contributed by atoms with van der Waals surface area (Å²) < 4.78 is 5.25. The number of non-ortho nitro benzene ring substituents is 1. The molecule has 1 aromatic rings. The number of carbonyl (C=O) groups is 2. The maximum atomic E-state index is 12.2. The lowest BCUT2D eigenvalue weighted by molar-refractivity contribution is -0.384. The van der Waals surface area contributed by atoms with Crippen molar-refractivity contribution in [1.82, 2.24) is 0 Å². The molecule has 0 aromatic heterocycles. The van der Waals surface area contributed by atoms with Crippen LogP contribution in [0.5, 0.6) is 0 Å². The van der Waals surface area contributed by atoms with Gasteiger partial charge in [0.15, 0.2) is 0 Å². The molecule has 0 unspecified atom stereocenters. The highest BCUT2D eigenvalue weighted by Crippen LogP contribution is 2.36. The van der Waals surface area contributed by atoms with Gasteiger partial charge in [0.2, 0.25) is 0 Å². The van der Waals surface area contributed by atoms with Gasteiger partial charge >= 0.3 is 12.1 Å². The number of carboxylic acids is 1. The number of rotatable bonds is 2. The van der Waals surface area contributed by atoms with Crippen LogP contribution in [-0.2, 0) is 11.2 Å². The van der Waals surface area contributed by atoms with Crippen LogP contribution in [0.2, 0.25) is 0 Å². The molecule has 1 heterocycles. The topological polar surface area (TPSA) is 110 Å². The molecule has 0 fully saturated rings. The van der Waals surface area contributed by atoms with Crippen LogP contribution < -0.4 is 4.90 Å². The highest BCUT2D eigenvalue weighted by Gasteiger charge is 2.34. The van der Waals surface area contributed by atoms with Crippen molar-refractivity contribution in [3.05, 3.63) is 33.4 Å².